The fourth-order valence-electron chi connectivity index (χ4n) is 1.32. The minimum absolute atomic E-state index is 0.0516. The Balaban J connectivity index is 2.36. The number of carbonyl (C=O) groups is 1. The van der Waals surface area contributed by atoms with Crippen LogP contribution in [0, 0.1) is 0 Å². The Hall–Kier alpha value is -1.77. The second-order valence-electron chi connectivity index (χ2n) is 3.44. The molecule has 1 amide bonds. The number of aryl methyl sites for hydroxylation is 1. The van der Waals surface area contributed by atoms with Gasteiger partial charge in [0.05, 0.1) is 7.11 Å². The summed E-state index contributed by atoms with van der Waals surface area (Å²) < 4.78 is 5.06. The molecule has 0 aliphatic heterocycles. The van der Waals surface area contributed by atoms with Crippen molar-refractivity contribution in [3.63, 3.8) is 0 Å². The first-order valence-corrected chi connectivity index (χ1v) is 5.27. The van der Waals surface area contributed by atoms with Crippen LogP contribution in [0.5, 0.6) is 5.75 Å². The highest BCUT2D eigenvalue weighted by molar-refractivity contribution is 5.76. The van der Waals surface area contributed by atoms with Crippen LogP contribution in [0.3, 0.4) is 0 Å². The van der Waals surface area contributed by atoms with Crippen molar-refractivity contribution in [3.8, 4) is 5.75 Å². The van der Waals surface area contributed by atoms with Crippen LogP contribution in [0.15, 0.2) is 36.9 Å². The highest BCUT2D eigenvalue weighted by Gasteiger charge is 2.00. The lowest BCUT2D eigenvalue weighted by Crippen LogP contribution is -2.23. The van der Waals surface area contributed by atoms with Crippen molar-refractivity contribution in [2.75, 3.05) is 13.7 Å². The first-order chi connectivity index (χ1) is 7.76. The molecule has 0 saturated heterocycles. The highest BCUT2D eigenvalue weighted by atomic mass is 16.5. The molecule has 0 unspecified atom stereocenters. The van der Waals surface area contributed by atoms with Gasteiger partial charge in [0.25, 0.3) is 0 Å². The molecule has 1 N–H and O–H groups in total. The number of ether oxygens (including phenoxy) is 1. The number of carbonyl (C=O) groups excluding carboxylic acids is 1. The van der Waals surface area contributed by atoms with Crippen LogP contribution < -0.4 is 10.1 Å². The van der Waals surface area contributed by atoms with Crippen molar-refractivity contribution in [2.45, 2.75) is 12.8 Å². The summed E-state index contributed by atoms with van der Waals surface area (Å²) in [5, 5.41) is 2.74. The van der Waals surface area contributed by atoms with Gasteiger partial charge >= 0.3 is 0 Å². The molecule has 1 rings (SSSR count). The molecular weight excluding hydrogens is 202 g/mol. The van der Waals surface area contributed by atoms with Gasteiger partial charge in [0, 0.05) is 13.0 Å². The third-order valence-corrected chi connectivity index (χ3v) is 2.24. The van der Waals surface area contributed by atoms with Crippen molar-refractivity contribution >= 4 is 5.91 Å². The van der Waals surface area contributed by atoms with Crippen LogP contribution in [0.2, 0.25) is 0 Å². The number of rotatable bonds is 6. The Bertz CT molecular complexity index is 343. The normalized spacial score (nSPS) is 9.56. The van der Waals surface area contributed by atoms with E-state index in [1.807, 2.05) is 24.3 Å². The number of hydrogen-bond acceptors (Lipinski definition) is 2. The number of methoxy groups -OCH3 is 1. The molecule has 0 atom stereocenters. The molecule has 86 valence electrons. The lowest BCUT2D eigenvalue weighted by atomic mass is 10.1. The summed E-state index contributed by atoms with van der Waals surface area (Å²) in [7, 11) is 1.64. The van der Waals surface area contributed by atoms with E-state index in [-0.39, 0.29) is 5.91 Å². The van der Waals surface area contributed by atoms with E-state index in [0.29, 0.717) is 13.0 Å². The predicted molar refractivity (Wildman–Crippen MR) is 64.5 cm³/mol. The van der Waals surface area contributed by atoms with Gasteiger partial charge in [0.15, 0.2) is 0 Å². The molecule has 3 nitrogen and oxygen atoms in total. The van der Waals surface area contributed by atoms with E-state index in [1.54, 1.807) is 13.2 Å². The van der Waals surface area contributed by atoms with E-state index in [4.69, 9.17) is 4.74 Å². The van der Waals surface area contributed by atoms with Crippen molar-refractivity contribution in [1.29, 1.82) is 0 Å². The molecule has 3 heteroatoms. The molecule has 0 heterocycles. The predicted octanol–water partition coefficient (Wildman–Crippen LogP) is 1.93. The molecule has 0 radical (unpaired) electrons. The second kappa shape index (κ2) is 6.67. The van der Waals surface area contributed by atoms with Crippen molar-refractivity contribution < 1.29 is 9.53 Å². The fraction of sp³-hybridized carbons (Fsp3) is 0.308. The number of amides is 1. The fourth-order valence-corrected chi connectivity index (χ4v) is 1.32. The quantitative estimate of drug-likeness (QED) is 0.742. The number of benzene rings is 1. The van der Waals surface area contributed by atoms with Crippen LogP contribution in [-0.2, 0) is 11.2 Å². The summed E-state index contributed by atoms with van der Waals surface area (Å²) in [6.45, 7) is 4.07. The Morgan fingerprint density at radius 2 is 2.12 bits per heavy atom. The van der Waals surface area contributed by atoms with Crippen LogP contribution in [0.4, 0.5) is 0 Å². The van der Waals surface area contributed by atoms with Crippen molar-refractivity contribution in [3.05, 3.63) is 42.5 Å². The summed E-state index contributed by atoms with van der Waals surface area (Å²) in [6.07, 6.45) is 2.92. The Morgan fingerprint density at radius 1 is 1.44 bits per heavy atom. The topological polar surface area (TPSA) is 38.3 Å². The van der Waals surface area contributed by atoms with E-state index in [2.05, 4.69) is 11.9 Å². The summed E-state index contributed by atoms with van der Waals surface area (Å²) in [5.41, 5.74) is 1.13. The van der Waals surface area contributed by atoms with Crippen LogP contribution in [-0.4, -0.2) is 19.6 Å². The van der Waals surface area contributed by atoms with Gasteiger partial charge in [0.1, 0.15) is 5.75 Å². The molecular formula is C13H17NO2. The first-order valence-electron chi connectivity index (χ1n) is 5.27. The lowest BCUT2D eigenvalue weighted by Gasteiger charge is -2.04. The van der Waals surface area contributed by atoms with Gasteiger partial charge in [0.2, 0.25) is 5.91 Å². The van der Waals surface area contributed by atoms with E-state index >= 15 is 0 Å². The van der Waals surface area contributed by atoms with E-state index in [1.165, 1.54) is 0 Å². The maximum atomic E-state index is 11.3. The Kier molecular flexibility index (Phi) is 5.12. The zero-order chi connectivity index (χ0) is 11.8. The van der Waals surface area contributed by atoms with Crippen LogP contribution in [0.1, 0.15) is 12.0 Å². The molecule has 0 aromatic heterocycles. The third kappa shape index (κ3) is 4.17. The van der Waals surface area contributed by atoms with Gasteiger partial charge in [-0.1, -0.05) is 18.2 Å². The molecule has 0 saturated carbocycles. The number of nitrogens with one attached hydrogen (secondary N) is 1. The van der Waals surface area contributed by atoms with Gasteiger partial charge in [-0.2, -0.15) is 0 Å². The smallest absolute Gasteiger partial charge is 0.220 e. The minimum atomic E-state index is 0.0516. The monoisotopic (exact) mass is 219 g/mol. The SMILES string of the molecule is C=CCNC(=O)CCc1ccc(OC)cc1. The van der Waals surface area contributed by atoms with Gasteiger partial charge in [-0.05, 0) is 24.1 Å². The molecule has 0 spiro atoms. The van der Waals surface area contributed by atoms with Crippen molar-refractivity contribution in [1.82, 2.24) is 5.32 Å². The van der Waals surface area contributed by atoms with Crippen molar-refractivity contribution in [2.24, 2.45) is 0 Å². The molecule has 1 aromatic rings. The van der Waals surface area contributed by atoms with Crippen LogP contribution >= 0.6 is 0 Å². The average Bonchev–Trinajstić information content (AvgIpc) is 2.34. The maximum Gasteiger partial charge on any atom is 0.220 e. The zero-order valence-electron chi connectivity index (χ0n) is 9.53. The molecule has 0 aliphatic carbocycles. The van der Waals surface area contributed by atoms with E-state index < -0.39 is 0 Å². The first kappa shape index (κ1) is 12.3. The Labute approximate surface area is 96.1 Å². The average molecular weight is 219 g/mol. The summed E-state index contributed by atoms with van der Waals surface area (Å²) in [6, 6.07) is 7.74. The molecule has 1 aromatic carbocycles. The van der Waals surface area contributed by atoms with Gasteiger partial charge in [-0.15, -0.1) is 6.58 Å². The lowest BCUT2D eigenvalue weighted by molar-refractivity contribution is -0.120. The van der Waals surface area contributed by atoms with Crippen LogP contribution in [0.25, 0.3) is 0 Å². The zero-order valence-corrected chi connectivity index (χ0v) is 9.53. The summed E-state index contributed by atoms with van der Waals surface area (Å²) in [5.74, 6) is 0.885. The molecule has 0 aliphatic rings. The summed E-state index contributed by atoms with van der Waals surface area (Å²) >= 11 is 0. The number of hydrogen-bond donors (Lipinski definition) is 1. The van der Waals surface area contributed by atoms with E-state index in [0.717, 1.165) is 17.7 Å². The molecule has 16 heavy (non-hydrogen) atoms. The largest absolute Gasteiger partial charge is 0.497 e. The summed E-state index contributed by atoms with van der Waals surface area (Å²) in [4.78, 5) is 11.3. The standard InChI is InChI=1S/C13H17NO2/c1-3-10-14-13(15)9-6-11-4-7-12(16-2)8-5-11/h3-5,7-8H,1,6,9-10H2,2H3,(H,14,15). The highest BCUT2D eigenvalue weighted by Crippen LogP contribution is 2.12. The minimum Gasteiger partial charge on any atom is -0.497 e. The van der Waals surface area contributed by atoms with Gasteiger partial charge in [-0.3, -0.25) is 4.79 Å². The molecule has 0 fully saturated rings. The molecule has 0 bridgehead atoms. The Morgan fingerprint density at radius 3 is 2.69 bits per heavy atom. The van der Waals surface area contributed by atoms with E-state index in [9.17, 15) is 4.79 Å². The van der Waals surface area contributed by atoms with Gasteiger partial charge in [-0.25, -0.2) is 0 Å². The second-order valence-corrected chi connectivity index (χ2v) is 3.44. The third-order valence-electron chi connectivity index (χ3n) is 2.24. The maximum absolute atomic E-state index is 11.3. The van der Waals surface area contributed by atoms with Gasteiger partial charge < -0.3 is 10.1 Å².